The van der Waals surface area contributed by atoms with Gasteiger partial charge in [-0.3, -0.25) is 0 Å². The summed E-state index contributed by atoms with van der Waals surface area (Å²) in [7, 11) is 0. The predicted molar refractivity (Wildman–Crippen MR) is 87.6 cm³/mol. The van der Waals surface area contributed by atoms with Crippen molar-refractivity contribution in [1.29, 1.82) is 0 Å². The molecule has 0 heterocycles. The highest BCUT2D eigenvalue weighted by Gasteiger charge is 2.12. The Morgan fingerprint density at radius 3 is 2.45 bits per heavy atom. The van der Waals surface area contributed by atoms with E-state index >= 15 is 0 Å². The fourth-order valence-corrected chi connectivity index (χ4v) is 2.87. The molecular formula is C20H26. The van der Waals surface area contributed by atoms with Gasteiger partial charge in [0.25, 0.3) is 0 Å². The van der Waals surface area contributed by atoms with Gasteiger partial charge in [-0.15, -0.1) is 0 Å². The molecule has 106 valence electrons. The Morgan fingerprint density at radius 1 is 1.05 bits per heavy atom. The van der Waals surface area contributed by atoms with Gasteiger partial charge in [0.05, 0.1) is 0 Å². The van der Waals surface area contributed by atoms with E-state index in [2.05, 4.69) is 56.0 Å². The van der Waals surface area contributed by atoms with E-state index in [1.54, 1.807) is 0 Å². The highest BCUT2D eigenvalue weighted by atomic mass is 14.2. The van der Waals surface area contributed by atoms with Crippen LogP contribution in [0.5, 0.6) is 0 Å². The van der Waals surface area contributed by atoms with Crippen LogP contribution >= 0.6 is 0 Å². The molecule has 1 aromatic rings. The average Bonchev–Trinajstić information content (AvgIpc) is 2.49. The third-order valence-corrected chi connectivity index (χ3v) is 4.08. The molecule has 2 rings (SSSR count). The van der Waals surface area contributed by atoms with Gasteiger partial charge in [0, 0.05) is 5.56 Å². The van der Waals surface area contributed by atoms with E-state index in [1.807, 2.05) is 0 Å². The Hall–Kier alpha value is -1.48. The lowest BCUT2D eigenvalue weighted by atomic mass is 9.87. The van der Waals surface area contributed by atoms with Crippen LogP contribution in [-0.2, 0) is 6.42 Å². The monoisotopic (exact) mass is 266 g/mol. The first-order chi connectivity index (χ1) is 9.81. The topological polar surface area (TPSA) is 0 Å². The van der Waals surface area contributed by atoms with Gasteiger partial charge in [-0.05, 0) is 54.9 Å². The SMILES string of the molecule is CCCc1ccc(C#CC2=CCC(CCC)CC2)cc1. The second-order valence-electron chi connectivity index (χ2n) is 5.86. The summed E-state index contributed by atoms with van der Waals surface area (Å²) >= 11 is 0. The lowest BCUT2D eigenvalue weighted by Gasteiger charge is -2.18. The molecule has 0 N–H and O–H groups in total. The van der Waals surface area contributed by atoms with Gasteiger partial charge in [-0.25, -0.2) is 0 Å². The van der Waals surface area contributed by atoms with E-state index in [4.69, 9.17) is 0 Å². The van der Waals surface area contributed by atoms with Gasteiger partial charge >= 0.3 is 0 Å². The summed E-state index contributed by atoms with van der Waals surface area (Å²) in [6, 6.07) is 8.72. The summed E-state index contributed by atoms with van der Waals surface area (Å²) in [5, 5.41) is 0. The van der Waals surface area contributed by atoms with Gasteiger partial charge < -0.3 is 0 Å². The number of benzene rings is 1. The highest BCUT2D eigenvalue weighted by molar-refractivity contribution is 5.42. The first-order valence-corrected chi connectivity index (χ1v) is 8.11. The number of hydrogen-bond acceptors (Lipinski definition) is 0. The van der Waals surface area contributed by atoms with Crippen molar-refractivity contribution in [3.63, 3.8) is 0 Å². The smallest absolute Gasteiger partial charge is 0.0249 e. The van der Waals surface area contributed by atoms with Crippen LogP contribution in [0.2, 0.25) is 0 Å². The molecule has 0 bridgehead atoms. The van der Waals surface area contributed by atoms with Crippen LogP contribution in [0.25, 0.3) is 0 Å². The molecule has 1 aromatic carbocycles. The Balaban J connectivity index is 1.94. The minimum absolute atomic E-state index is 0.902. The minimum atomic E-state index is 0.902. The summed E-state index contributed by atoms with van der Waals surface area (Å²) in [6.45, 7) is 4.50. The number of hydrogen-bond donors (Lipinski definition) is 0. The van der Waals surface area contributed by atoms with Crippen molar-refractivity contribution in [3.05, 3.63) is 47.0 Å². The van der Waals surface area contributed by atoms with Crippen LogP contribution in [0.15, 0.2) is 35.9 Å². The molecule has 0 spiro atoms. The molecule has 0 saturated heterocycles. The maximum Gasteiger partial charge on any atom is 0.0249 e. The molecule has 1 unspecified atom stereocenters. The molecule has 0 aliphatic heterocycles. The minimum Gasteiger partial charge on any atom is -0.0726 e. The van der Waals surface area contributed by atoms with E-state index in [-0.39, 0.29) is 0 Å². The van der Waals surface area contributed by atoms with Crippen molar-refractivity contribution >= 4 is 0 Å². The van der Waals surface area contributed by atoms with Gasteiger partial charge in [-0.1, -0.05) is 63.2 Å². The molecule has 0 radical (unpaired) electrons. The second-order valence-corrected chi connectivity index (χ2v) is 5.86. The largest absolute Gasteiger partial charge is 0.0726 e. The van der Waals surface area contributed by atoms with Gasteiger partial charge in [0.15, 0.2) is 0 Å². The van der Waals surface area contributed by atoms with Gasteiger partial charge in [0.1, 0.15) is 0 Å². The Bertz CT molecular complexity index is 493. The summed E-state index contributed by atoms with van der Waals surface area (Å²) in [5.41, 5.74) is 3.90. The third kappa shape index (κ3) is 4.57. The summed E-state index contributed by atoms with van der Waals surface area (Å²) in [4.78, 5) is 0. The van der Waals surface area contributed by atoms with Crippen molar-refractivity contribution in [2.45, 2.75) is 58.8 Å². The van der Waals surface area contributed by atoms with Crippen LogP contribution in [0.4, 0.5) is 0 Å². The molecule has 0 amide bonds. The van der Waals surface area contributed by atoms with Crippen molar-refractivity contribution in [3.8, 4) is 11.8 Å². The fraction of sp³-hybridized carbons (Fsp3) is 0.500. The predicted octanol–water partition coefficient (Wildman–Crippen LogP) is 5.52. The lowest BCUT2D eigenvalue weighted by molar-refractivity contribution is 0.436. The third-order valence-electron chi connectivity index (χ3n) is 4.08. The first-order valence-electron chi connectivity index (χ1n) is 8.11. The van der Waals surface area contributed by atoms with E-state index < -0.39 is 0 Å². The molecule has 1 aliphatic rings. The fourth-order valence-electron chi connectivity index (χ4n) is 2.87. The number of rotatable bonds is 4. The second kappa shape index (κ2) is 7.95. The van der Waals surface area contributed by atoms with E-state index in [0.717, 1.165) is 17.9 Å². The molecule has 1 atom stereocenters. The molecule has 0 saturated carbocycles. The maximum absolute atomic E-state index is 3.36. The van der Waals surface area contributed by atoms with E-state index in [9.17, 15) is 0 Å². The molecule has 0 fully saturated rings. The van der Waals surface area contributed by atoms with Crippen LogP contribution in [0.1, 0.15) is 63.5 Å². The normalized spacial score (nSPS) is 18.1. The van der Waals surface area contributed by atoms with Crippen LogP contribution in [0, 0.1) is 17.8 Å². The Morgan fingerprint density at radius 2 is 1.85 bits per heavy atom. The van der Waals surface area contributed by atoms with Crippen molar-refractivity contribution in [2.24, 2.45) is 5.92 Å². The van der Waals surface area contributed by atoms with Crippen molar-refractivity contribution in [1.82, 2.24) is 0 Å². The molecule has 0 nitrogen and oxygen atoms in total. The van der Waals surface area contributed by atoms with Crippen molar-refractivity contribution in [2.75, 3.05) is 0 Å². The van der Waals surface area contributed by atoms with Gasteiger partial charge in [0.2, 0.25) is 0 Å². The zero-order valence-electron chi connectivity index (χ0n) is 12.9. The zero-order chi connectivity index (χ0) is 14.2. The molecule has 20 heavy (non-hydrogen) atoms. The lowest BCUT2D eigenvalue weighted by Crippen LogP contribution is -2.04. The first kappa shape index (κ1) is 14.9. The van der Waals surface area contributed by atoms with Crippen LogP contribution in [-0.4, -0.2) is 0 Å². The van der Waals surface area contributed by atoms with Crippen molar-refractivity contribution < 1.29 is 0 Å². The molecule has 1 aliphatic carbocycles. The summed E-state index contributed by atoms with van der Waals surface area (Å²) in [5.74, 6) is 7.58. The maximum atomic E-state index is 3.36. The van der Waals surface area contributed by atoms with E-state index in [1.165, 1.54) is 49.7 Å². The molecular weight excluding hydrogens is 240 g/mol. The zero-order valence-corrected chi connectivity index (χ0v) is 12.9. The Labute approximate surface area is 124 Å². The summed E-state index contributed by atoms with van der Waals surface area (Å²) in [6.07, 6.45) is 11.1. The van der Waals surface area contributed by atoms with Gasteiger partial charge in [-0.2, -0.15) is 0 Å². The number of allylic oxidation sites excluding steroid dienone is 2. The number of aryl methyl sites for hydroxylation is 1. The molecule has 0 heteroatoms. The summed E-state index contributed by atoms with van der Waals surface area (Å²) < 4.78 is 0. The average molecular weight is 266 g/mol. The molecule has 0 aromatic heterocycles. The van der Waals surface area contributed by atoms with E-state index in [0.29, 0.717) is 0 Å². The quantitative estimate of drug-likeness (QED) is 0.630. The standard InChI is InChI=1S/C20H26/c1-3-5-17-7-11-19(12-8-17)15-16-20-13-9-18(6-4-2)10-14-20/h7-8,11-13,18H,3-6,9-10,14H2,1-2H3. The highest BCUT2D eigenvalue weighted by Crippen LogP contribution is 2.26. The Kier molecular flexibility index (Phi) is 5.93. The van der Waals surface area contributed by atoms with Crippen LogP contribution < -0.4 is 0 Å². The van der Waals surface area contributed by atoms with Crippen LogP contribution in [0.3, 0.4) is 0 Å².